The van der Waals surface area contributed by atoms with Crippen LogP contribution in [0.25, 0.3) is 0 Å². The highest BCUT2D eigenvalue weighted by molar-refractivity contribution is 5.16. The second-order valence-electron chi connectivity index (χ2n) is 6.34. The summed E-state index contributed by atoms with van der Waals surface area (Å²) in [5.74, 6) is 6.79. The lowest BCUT2D eigenvalue weighted by molar-refractivity contribution is -0.143. The first kappa shape index (κ1) is 15.6. The van der Waals surface area contributed by atoms with E-state index >= 15 is 0 Å². The van der Waals surface area contributed by atoms with E-state index in [1.165, 1.54) is 25.3 Å². The monoisotopic (exact) mass is 278 g/mol. The van der Waals surface area contributed by atoms with E-state index < -0.39 is 11.9 Å². The number of ether oxygens (including phenoxy) is 2. The predicted molar refractivity (Wildman–Crippen MR) is 78.9 cm³/mol. The van der Waals surface area contributed by atoms with E-state index in [-0.39, 0.29) is 12.2 Å². The minimum absolute atomic E-state index is 0.0152. The Morgan fingerprint density at radius 1 is 1.40 bits per heavy atom. The van der Waals surface area contributed by atoms with Crippen molar-refractivity contribution in [1.82, 2.24) is 0 Å². The molecule has 0 aromatic rings. The summed E-state index contributed by atoms with van der Waals surface area (Å²) in [6.07, 6.45) is 5.28. The van der Waals surface area contributed by atoms with Gasteiger partial charge in [0.15, 0.2) is 5.79 Å². The molecule has 3 heteroatoms. The summed E-state index contributed by atoms with van der Waals surface area (Å²) in [6.45, 7) is 9.59. The number of aliphatic hydroxyl groups excluding tert-OH is 1. The van der Waals surface area contributed by atoms with E-state index in [9.17, 15) is 5.11 Å². The van der Waals surface area contributed by atoms with Gasteiger partial charge < -0.3 is 14.6 Å². The van der Waals surface area contributed by atoms with Crippen LogP contribution in [0.3, 0.4) is 0 Å². The summed E-state index contributed by atoms with van der Waals surface area (Å²) < 4.78 is 11.8. The summed E-state index contributed by atoms with van der Waals surface area (Å²) >= 11 is 0. The standard InChI is InChI=1S/C17H26O3/c1-5-7-12-10-13(12)11-16-15(9-8-14(18)6-2)19-17(3,4)20-16/h6,12-16,18H,2,5,7,10-11H2,1,3-4H3/t12?,13?,14-,15-,16-/m1/s1. The lowest BCUT2D eigenvalue weighted by Crippen LogP contribution is -2.22. The molecule has 1 saturated carbocycles. The second-order valence-corrected chi connectivity index (χ2v) is 6.34. The van der Waals surface area contributed by atoms with Crippen molar-refractivity contribution < 1.29 is 14.6 Å². The van der Waals surface area contributed by atoms with Crippen LogP contribution in [0.2, 0.25) is 0 Å². The van der Waals surface area contributed by atoms with Crippen LogP contribution in [0.4, 0.5) is 0 Å². The van der Waals surface area contributed by atoms with Gasteiger partial charge in [0, 0.05) is 0 Å². The highest BCUT2D eigenvalue weighted by Crippen LogP contribution is 2.47. The Morgan fingerprint density at radius 3 is 2.80 bits per heavy atom. The van der Waals surface area contributed by atoms with Crippen molar-refractivity contribution in [3.63, 3.8) is 0 Å². The molecule has 2 rings (SSSR count). The molecule has 1 saturated heterocycles. The first-order valence-corrected chi connectivity index (χ1v) is 7.62. The Kier molecular flexibility index (Phi) is 4.90. The van der Waals surface area contributed by atoms with Gasteiger partial charge in [-0.15, -0.1) is 0 Å². The van der Waals surface area contributed by atoms with Crippen molar-refractivity contribution in [2.75, 3.05) is 0 Å². The van der Waals surface area contributed by atoms with Gasteiger partial charge in [-0.25, -0.2) is 0 Å². The van der Waals surface area contributed by atoms with E-state index in [1.54, 1.807) is 0 Å². The molecule has 0 bridgehead atoms. The normalized spacial score (nSPS) is 36.0. The third-order valence-electron chi connectivity index (χ3n) is 4.04. The van der Waals surface area contributed by atoms with E-state index in [0.717, 1.165) is 18.3 Å². The maximum atomic E-state index is 9.45. The fourth-order valence-electron chi connectivity index (χ4n) is 2.98. The van der Waals surface area contributed by atoms with Crippen molar-refractivity contribution in [2.45, 2.75) is 70.6 Å². The predicted octanol–water partition coefficient (Wildman–Crippen LogP) is 2.88. The maximum Gasteiger partial charge on any atom is 0.165 e. The van der Waals surface area contributed by atoms with Crippen molar-refractivity contribution in [2.24, 2.45) is 11.8 Å². The fraction of sp³-hybridized carbons (Fsp3) is 0.765. The summed E-state index contributed by atoms with van der Waals surface area (Å²) in [4.78, 5) is 0. The molecule has 0 aromatic heterocycles. The molecule has 0 aromatic carbocycles. The number of hydrogen-bond donors (Lipinski definition) is 1. The zero-order chi connectivity index (χ0) is 14.8. The zero-order valence-corrected chi connectivity index (χ0v) is 12.8. The molecule has 2 fully saturated rings. The van der Waals surface area contributed by atoms with Crippen LogP contribution < -0.4 is 0 Å². The Labute approximate surface area is 122 Å². The average Bonchev–Trinajstić information content (AvgIpc) is 3.03. The molecule has 3 nitrogen and oxygen atoms in total. The Bertz CT molecular complexity index is 404. The smallest absolute Gasteiger partial charge is 0.165 e. The topological polar surface area (TPSA) is 38.7 Å². The van der Waals surface area contributed by atoms with Gasteiger partial charge in [0.2, 0.25) is 0 Å². The van der Waals surface area contributed by atoms with Crippen LogP contribution in [-0.4, -0.2) is 29.2 Å². The Hall–Kier alpha value is -0.820. The number of rotatable bonds is 5. The second kappa shape index (κ2) is 6.30. The SMILES string of the molecule is C=C[C@@H](O)C#C[C@H]1OC(C)(C)O[C@@H]1CC1CC1CCC. The van der Waals surface area contributed by atoms with Gasteiger partial charge in [-0.3, -0.25) is 0 Å². The molecule has 0 amide bonds. The van der Waals surface area contributed by atoms with Gasteiger partial charge in [0.05, 0.1) is 6.10 Å². The van der Waals surface area contributed by atoms with Crippen LogP contribution in [0.15, 0.2) is 12.7 Å². The van der Waals surface area contributed by atoms with Crippen LogP contribution in [0.5, 0.6) is 0 Å². The van der Waals surface area contributed by atoms with Crippen LogP contribution in [0, 0.1) is 23.7 Å². The van der Waals surface area contributed by atoms with Crippen molar-refractivity contribution in [1.29, 1.82) is 0 Å². The van der Waals surface area contributed by atoms with Gasteiger partial charge in [0.1, 0.15) is 12.2 Å². The molecular formula is C17H26O3. The molecule has 1 N–H and O–H groups in total. The molecule has 2 aliphatic rings. The highest BCUT2D eigenvalue weighted by atomic mass is 16.7. The molecular weight excluding hydrogens is 252 g/mol. The molecule has 112 valence electrons. The maximum absolute atomic E-state index is 9.45. The van der Waals surface area contributed by atoms with Crippen molar-refractivity contribution >= 4 is 0 Å². The molecule has 1 aliphatic carbocycles. The summed E-state index contributed by atoms with van der Waals surface area (Å²) in [5.41, 5.74) is 0. The molecule has 0 radical (unpaired) electrons. The lowest BCUT2D eigenvalue weighted by atomic mass is 10.0. The fourth-order valence-corrected chi connectivity index (χ4v) is 2.98. The summed E-state index contributed by atoms with van der Waals surface area (Å²) in [7, 11) is 0. The summed E-state index contributed by atoms with van der Waals surface area (Å²) in [6, 6.07) is 0. The minimum Gasteiger partial charge on any atom is -0.377 e. The van der Waals surface area contributed by atoms with E-state index in [4.69, 9.17) is 9.47 Å². The van der Waals surface area contributed by atoms with Crippen molar-refractivity contribution in [3.05, 3.63) is 12.7 Å². The summed E-state index contributed by atoms with van der Waals surface area (Å²) in [5, 5.41) is 9.45. The van der Waals surface area contributed by atoms with Gasteiger partial charge in [-0.2, -0.15) is 0 Å². The molecule has 2 unspecified atom stereocenters. The van der Waals surface area contributed by atoms with Gasteiger partial charge in [-0.05, 0) is 38.5 Å². The highest BCUT2D eigenvalue weighted by Gasteiger charge is 2.45. The molecule has 0 spiro atoms. The molecule has 20 heavy (non-hydrogen) atoms. The molecule has 1 heterocycles. The van der Waals surface area contributed by atoms with Gasteiger partial charge >= 0.3 is 0 Å². The van der Waals surface area contributed by atoms with E-state index in [0.29, 0.717) is 0 Å². The number of aliphatic hydroxyl groups is 1. The third kappa shape index (κ3) is 4.09. The zero-order valence-electron chi connectivity index (χ0n) is 12.8. The van der Waals surface area contributed by atoms with Gasteiger partial charge in [0.25, 0.3) is 0 Å². The van der Waals surface area contributed by atoms with E-state index in [1.807, 2.05) is 13.8 Å². The van der Waals surface area contributed by atoms with E-state index in [2.05, 4.69) is 25.3 Å². The third-order valence-corrected chi connectivity index (χ3v) is 4.04. The van der Waals surface area contributed by atoms with Crippen LogP contribution in [-0.2, 0) is 9.47 Å². The minimum atomic E-state index is -0.795. The first-order chi connectivity index (χ1) is 9.45. The Morgan fingerprint density at radius 2 is 2.15 bits per heavy atom. The molecule has 1 aliphatic heterocycles. The number of hydrogen-bond acceptors (Lipinski definition) is 3. The van der Waals surface area contributed by atoms with Crippen LogP contribution in [0.1, 0.15) is 46.5 Å². The largest absolute Gasteiger partial charge is 0.377 e. The first-order valence-electron chi connectivity index (χ1n) is 7.62. The van der Waals surface area contributed by atoms with Crippen LogP contribution >= 0.6 is 0 Å². The van der Waals surface area contributed by atoms with Crippen molar-refractivity contribution in [3.8, 4) is 11.8 Å². The quantitative estimate of drug-likeness (QED) is 0.621. The van der Waals surface area contributed by atoms with Gasteiger partial charge in [-0.1, -0.05) is 44.3 Å². The average molecular weight is 278 g/mol. The molecule has 5 atom stereocenters. The lowest BCUT2D eigenvalue weighted by Gasteiger charge is -2.16. The Balaban J connectivity index is 1.94.